The van der Waals surface area contributed by atoms with E-state index in [2.05, 4.69) is 0 Å². The van der Waals surface area contributed by atoms with Crippen LogP contribution >= 0.6 is 0 Å². The molecular weight excluding hydrogens is 376 g/mol. The molecule has 2 aliphatic carbocycles. The smallest absolute Gasteiger partial charge is 0.333 e. The van der Waals surface area contributed by atoms with Crippen LogP contribution in [0.3, 0.4) is 0 Å². The Hall–Kier alpha value is -2.70. The Balaban J connectivity index is 2.18. The molecule has 0 aromatic heterocycles. The SMILES string of the molecule is C/C=C(/C)C(=O)O[C@H]1CC(C)=C2C(=O)C=C(C)[C@@]2(OC(C)=O)[C@@H]2OC(=O)[C@H](C)[C@H]12. The molecule has 7 heteroatoms. The van der Waals surface area contributed by atoms with E-state index in [1.165, 1.54) is 13.0 Å². The highest BCUT2D eigenvalue weighted by Crippen LogP contribution is 2.53. The van der Waals surface area contributed by atoms with Gasteiger partial charge < -0.3 is 14.2 Å². The van der Waals surface area contributed by atoms with E-state index < -0.39 is 47.6 Å². The number of ketones is 1. The van der Waals surface area contributed by atoms with E-state index in [1.54, 1.807) is 40.7 Å². The molecule has 0 bridgehead atoms. The third-order valence-corrected chi connectivity index (χ3v) is 6.18. The Labute approximate surface area is 169 Å². The highest BCUT2D eigenvalue weighted by molar-refractivity contribution is 6.11. The molecule has 1 heterocycles. The molecule has 0 saturated carbocycles. The minimum Gasteiger partial charge on any atom is -0.458 e. The van der Waals surface area contributed by atoms with Gasteiger partial charge in [-0.05, 0) is 39.3 Å². The molecule has 29 heavy (non-hydrogen) atoms. The van der Waals surface area contributed by atoms with Gasteiger partial charge in [0.05, 0.1) is 17.4 Å². The first-order chi connectivity index (χ1) is 13.5. The molecule has 0 amide bonds. The van der Waals surface area contributed by atoms with Crippen molar-refractivity contribution in [3.8, 4) is 0 Å². The molecular formula is C22H26O7. The average molecular weight is 402 g/mol. The molecule has 0 radical (unpaired) electrons. The van der Waals surface area contributed by atoms with Gasteiger partial charge in [-0.3, -0.25) is 14.4 Å². The number of ether oxygens (including phenoxy) is 3. The largest absolute Gasteiger partial charge is 0.458 e. The second-order valence-electron chi connectivity index (χ2n) is 8.02. The van der Waals surface area contributed by atoms with Gasteiger partial charge in [-0.2, -0.15) is 0 Å². The van der Waals surface area contributed by atoms with Crippen LogP contribution in [0.2, 0.25) is 0 Å². The highest BCUT2D eigenvalue weighted by Gasteiger charge is 2.65. The molecule has 7 nitrogen and oxygen atoms in total. The fourth-order valence-corrected chi connectivity index (χ4v) is 4.68. The third kappa shape index (κ3) is 3.12. The zero-order valence-corrected chi connectivity index (χ0v) is 17.5. The van der Waals surface area contributed by atoms with Crippen LogP contribution in [0.5, 0.6) is 0 Å². The number of rotatable bonds is 3. The van der Waals surface area contributed by atoms with Gasteiger partial charge in [0, 0.05) is 18.9 Å². The summed E-state index contributed by atoms with van der Waals surface area (Å²) in [6.07, 6.45) is 1.66. The normalized spacial score (nSPS) is 34.1. The van der Waals surface area contributed by atoms with E-state index >= 15 is 0 Å². The topological polar surface area (TPSA) is 96.0 Å². The molecule has 0 spiro atoms. The molecule has 1 fully saturated rings. The summed E-state index contributed by atoms with van der Waals surface area (Å²) < 4.78 is 17.2. The van der Waals surface area contributed by atoms with Crippen LogP contribution in [0.4, 0.5) is 0 Å². The summed E-state index contributed by atoms with van der Waals surface area (Å²) in [6, 6.07) is 0. The van der Waals surface area contributed by atoms with Crippen LogP contribution in [0.1, 0.15) is 48.0 Å². The van der Waals surface area contributed by atoms with E-state index in [-0.39, 0.29) is 12.2 Å². The Bertz CT molecular complexity index is 891. The minimum atomic E-state index is -1.49. The van der Waals surface area contributed by atoms with Gasteiger partial charge in [0.15, 0.2) is 17.5 Å². The Morgan fingerprint density at radius 3 is 2.48 bits per heavy atom. The van der Waals surface area contributed by atoms with Crippen LogP contribution in [0.25, 0.3) is 0 Å². The van der Waals surface area contributed by atoms with Crippen molar-refractivity contribution in [3.63, 3.8) is 0 Å². The summed E-state index contributed by atoms with van der Waals surface area (Å²) in [5, 5.41) is 0. The lowest BCUT2D eigenvalue weighted by atomic mass is 9.76. The van der Waals surface area contributed by atoms with Crippen LogP contribution in [0.15, 0.2) is 34.4 Å². The quantitative estimate of drug-likeness (QED) is 0.407. The zero-order chi connectivity index (χ0) is 21.7. The maximum absolute atomic E-state index is 12.8. The van der Waals surface area contributed by atoms with Crippen molar-refractivity contribution in [2.45, 2.75) is 65.8 Å². The molecule has 0 unspecified atom stereocenters. The lowest BCUT2D eigenvalue weighted by molar-refractivity contribution is -0.171. The van der Waals surface area contributed by atoms with Gasteiger partial charge in [-0.1, -0.05) is 18.6 Å². The first-order valence-electron chi connectivity index (χ1n) is 9.71. The predicted octanol–water partition coefficient (Wildman–Crippen LogP) is 2.59. The van der Waals surface area contributed by atoms with Gasteiger partial charge in [-0.25, -0.2) is 4.79 Å². The van der Waals surface area contributed by atoms with Crippen LogP contribution in [-0.2, 0) is 33.4 Å². The summed E-state index contributed by atoms with van der Waals surface area (Å²) in [6.45, 7) is 9.78. The second-order valence-corrected chi connectivity index (χ2v) is 8.02. The number of fused-ring (bicyclic) bond motifs is 3. The van der Waals surface area contributed by atoms with Gasteiger partial charge in [0.2, 0.25) is 0 Å². The number of carbonyl (C=O) groups excluding carboxylic acids is 4. The van der Waals surface area contributed by atoms with E-state index in [0.717, 1.165) is 0 Å². The maximum Gasteiger partial charge on any atom is 0.333 e. The average Bonchev–Trinajstić information content (AvgIpc) is 3.03. The van der Waals surface area contributed by atoms with Gasteiger partial charge in [0.25, 0.3) is 0 Å². The molecule has 3 rings (SSSR count). The summed E-state index contributed by atoms with van der Waals surface area (Å²) in [5.41, 5.74) is 0.396. The number of allylic oxidation sites excluding steroid dienone is 2. The maximum atomic E-state index is 12.8. The summed E-state index contributed by atoms with van der Waals surface area (Å²) in [7, 11) is 0. The number of carbonyl (C=O) groups is 4. The Morgan fingerprint density at radius 2 is 1.90 bits per heavy atom. The molecule has 0 aromatic carbocycles. The highest BCUT2D eigenvalue weighted by atomic mass is 16.6. The summed E-state index contributed by atoms with van der Waals surface area (Å²) in [5.74, 6) is -3.00. The van der Waals surface area contributed by atoms with Crippen LogP contribution < -0.4 is 0 Å². The van der Waals surface area contributed by atoms with Gasteiger partial charge in [0.1, 0.15) is 6.10 Å². The van der Waals surface area contributed by atoms with Crippen molar-refractivity contribution in [2.24, 2.45) is 11.8 Å². The first kappa shape index (κ1) is 21.0. The second kappa shape index (κ2) is 7.28. The summed E-state index contributed by atoms with van der Waals surface area (Å²) >= 11 is 0. The van der Waals surface area contributed by atoms with Gasteiger partial charge in [-0.15, -0.1) is 0 Å². The lowest BCUT2D eigenvalue weighted by Crippen LogP contribution is -2.52. The fraction of sp³-hybridized carbons (Fsp3) is 0.545. The van der Waals surface area contributed by atoms with Crippen molar-refractivity contribution in [1.29, 1.82) is 0 Å². The predicted molar refractivity (Wildman–Crippen MR) is 102 cm³/mol. The molecule has 1 saturated heterocycles. The van der Waals surface area contributed by atoms with E-state index in [4.69, 9.17) is 14.2 Å². The van der Waals surface area contributed by atoms with Gasteiger partial charge >= 0.3 is 17.9 Å². The van der Waals surface area contributed by atoms with Crippen LogP contribution in [-0.4, -0.2) is 41.5 Å². The van der Waals surface area contributed by atoms with E-state index in [1.807, 2.05) is 0 Å². The number of hydrogen-bond acceptors (Lipinski definition) is 7. The molecule has 1 aliphatic heterocycles. The van der Waals surface area contributed by atoms with Crippen molar-refractivity contribution >= 4 is 23.7 Å². The fourth-order valence-electron chi connectivity index (χ4n) is 4.68. The monoisotopic (exact) mass is 402 g/mol. The van der Waals surface area contributed by atoms with Crippen molar-refractivity contribution in [1.82, 2.24) is 0 Å². The Morgan fingerprint density at radius 1 is 1.24 bits per heavy atom. The molecule has 156 valence electrons. The first-order valence-corrected chi connectivity index (χ1v) is 9.71. The van der Waals surface area contributed by atoms with Crippen molar-refractivity contribution < 1.29 is 33.4 Å². The van der Waals surface area contributed by atoms with Crippen LogP contribution in [0, 0.1) is 11.8 Å². The van der Waals surface area contributed by atoms with Crippen molar-refractivity contribution in [2.75, 3.05) is 0 Å². The molecule has 3 aliphatic rings. The molecule has 0 N–H and O–H groups in total. The lowest BCUT2D eigenvalue weighted by Gasteiger charge is -2.38. The number of esters is 3. The van der Waals surface area contributed by atoms with Crippen molar-refractivity contribution in [3.05, 3.63) is 34.4 Å². The van der Waals surface area contributed by atoms with E-state index in [9.17, 15) is 19.2 Å². The number of hydrogen-bond donors (Lipinski definition) is 0. The molecule has 5 atom stereocenters. The zero-order valence-electron chi connectivity index (χ0n) is 17.5. The molecule has 0 aromatic rings. The summed E-state index contributed by atoms with van der Waals surface area (Å²) in [4.78, 5) is 49.9. The standard InChI is InChI=1S/C22H26O7/c1-7-10(2)20(25)27-16-8-11(3)18-15(24)9-12(4)22(18,29-14(6)23)19-17(16)13(5)21(26)28-19/h7,9,13,16-17,19H,8H2,1-6H3/b10-7-/t13-,16+,17-,19-,22+/m1/s1. The van der Waals surface area contributed by atoms with E-state index in [0.29, 0.717) is 22.3 Å². The Kier molecular flexibility index (Phi) is 5.28. The third-order valence-electron chi connectivity index (χ3n) is 6.18. The minimum absolute atomic E-state index is 0.246.